The number of hydrogen-bond acceptors (Lipinski definition) is 5. The van der Waals surface area contributed by atoms with Crippen LogP contribution in [0.2, 0.25) is 0 Å². The second kappa shape index (κ2) is 4.85. The maximum absolute atomic E-state index is 14.3. The van der Waals surface area contributed by atoms with Gasteiger partial charge < -0.3 is 20.5 Å². The molecule has 1 aromatic carbocycles. The molecule has 21 heavy (non-hydrogen) atoms. The Balaban J connectivity index is 2.14. The minimum absolute atomic E-state index is 0.0325. The van der Waals surface area contributed by atoms with Crippen molar-refractivity contribution in [3.05, 3.63) is 40.9 Å². The highest BCUT2D eigenvalue weighted by atomic mass is 19.1. The first kappa shape index (κ1) is 13.6. The molecule has 0 aromatic heterocycles. The first-order valence-corrected chi connectivity index (χ1v) is 6.38. The number of nitrogens with one attached hydrogen (secondary N) is 1. The Hall–Kier alpha value is -2.41. The van der Waals surface area contributed by atoms with Gasteiger partial charge in [0.05, 0.1) is 6.61 Å². The summed E-state index contributed by atoms with van der Waals surface area (Å²) in [5.74, 6) is 0.129. The van der Waals surface area contributed by atoms with E-state index in [0.29, 0.717) is 30.0 Å². The number of amidine groups is 1. The summed E-state index contributed by atoms with van der Waals surface area (Å²) in [4.78, 5) is 14.8. The zero-order valence-corrected chi connectivity index (χ0v) is 11.4. The highest BCUT2D eigenvalue weighted by molar-refractivity contribution is 5.76. The van der Waals surface area contributed by atoms with Crippen molar-refractivity contribution in [2.24, 2.45) is 10.7 Å². The number of amides is 1. The van der Waals surface area contributed by atoms with Gasteiger partial charge in [0.15, 0.2) is 0 Å². The van der Waals surface area contributed by atoms with Crippen LogP contribution in [0.25, 0.3) is 0 Å². The molecule has 3 N–H and O–H groups in total. The molecule has 2 aliphatic heterocycles. The van der Waals surface area contributed by atoms with Crippen LogP contribution in [0.3, 0.4) is 0 Å². The van der Waals surface area contributed by atoms with Crippen molar-refractivity contribution in [2.75, 3.05) is 18.5 Å². The van der Waals surface area contributed by atoms with Crippen molar-refractivity contribution in [1.82, 2.24) is 0 Å². The second-order valence-electron chi connectivity index (χ2n) is 4.98. The van der Waals surface area contributed by atoms with Crippen molar-refractivity contribution < 1.29 is 18.7 Å². The molecule has 1 atom stereocenters. The minimum Gasteiger partial charge on any atom is -0.428 e. The van der Waals surface area contributed by atoms with E-state index in [4.69, 9.17) is 15.2 Å². The van der Waals surface area contributed by atoms with E-state index in [0.717, 1.165) is 5.57 Å². The van der Waals surface area contributed by atoms with Crippen LogP contribution in [0.4, 0.5) is 10.1 Å². The number of carbonyl (C=O) groups excluding carboxylic acids is 1. The Labute approximate surface area is 120 Å². The number of ether oxygens (including phenoxy) is 2. The molecular weight excluding hydrogens is 277 g/mol. The number of aliphatic imine (C=N–C) groups is 1. The largest absolute Gasteiger partial charge is 0.428 e. The van der Waals surface area contributed by atoms with Crippen molar-refractivity contribution in [2.45, 2.75) is 12.5 Å². The highest BCUT2D eigenvalue weighted by Gasteiger charge is 2.42. The predicted octanol–water partition coefficient (Wildman–Crippen LogP) is 1.24. The quantitative estimate of drug-likeness (QED) is 0.820. The average Bonchev–Trinajstić information content (AvgIpc) is 2.90. The lowest BCUT2D eigenvalue weighted by Gasteiger charge is -2.31. The number of carbonyl (C=O) groups is 1. The molecule has 0 spiro atoms. The van der Waals surface area contributed by atoms with Gasteiger partial charge in [0.2, 0.25) is 6.41 Å². The molecule has 1 unspecified atom stereocenters. The van der Waals surface area contributed by atoms with Crippen LogP contribution in [0.1, 0.15) is 12.5 Å². The van der Waals surface area contributed by atoms with Gasteiger partial charge in [0, 0.05) is 16.8 Å². The van der Waals surface area contributed by atoms with Crippen molar-refractivity contribution >= 4 is 18.1 Å². The van der Waals surface area contributed by atoms with E-state index in [2.05, 4.69) is 10.3 Å². The monoisotopic (exact) mass is 291 g/mol. The van der Waals surface area contributed by atoms with E-state index in [9.17, 15) is 9.18 Å². The van der Waals surface area contributed by atoms with Crippen molar-refractivity contribution in [3.8, 4) is 0 Å². The van der Waals surface area contributed by atoms with E-state index in [1.807, 2.05) is 0 Å². The number of anilines is 1. The van der Waals surface area contributed by atoms with Crippen LogP contribution in [0.5, 0.6) is 0 Å². The molecule has 7 heteroatoms. The molecule has 2 heterocycles. The summed E-state index contributed by atoms with van der Waals surface area (Å²) in [5.41, 5.74) is 6.19. The molecular formula is C14H14FN3O3. The van der Waals surface area contributed by atoms with Crippen LogP contribution >= 0.6 is 0 Å². The Morgan fingerprint density at radius 1 is 1.48 bits per heavy atom. The number of halogens is 1. The van der Waals surface area contributed by atoms with Crippen molar-refractivity contribution in [1.29, 1.82) is 0 Å². The van der Waals surface area contributed by atoms with Gasteiger partial charge in [0.1, 0.15) is 23.7 Å². The van der Waals surface area contributed by atoms with Gasteiger partial charge in [-0.05, 0) is 25.1 Å². The average molecular weight is 291 g/mol. The number of nitrogens with two attached hydrogens (primary N) is 1. The molecule has 6 nitrogen and oxygen atoms in total. The first-order chi connectivity index (χ1) is 10.0. The van der Waals surface area contributed by atoms with E-state index in [-0.39, 0.29) is 12.6 Å². The molecule has 0 aliphatic carbocycles. The Morgan fingerprint density at radius 2 is 2.29 bits per heavy atom. The smallest absolute Gasteiger partial charge is 0.288 e. The van der Waals surface area contributed by atoms with E-state index in [1.165, 1.54) is 18.2 Å². The van der Waals surface area contributed by atoms with E-state index >= 15 is 0 Å². The first-order valence-electron chi connectivity index (χ1n) is 6.38. The molecule has 110 valence electrons. The zero-order valence-electron chi connectivity index (χ0n) is 11.4. The number of rotatable bonds is 3. The summed E-state index contributed by atoms with van der Waals surface area (Å²) in [5, 5.41) is 2.50. The maximum Gasteiger partial charge on any atom is 0.288 e. The summed E-state index contributed by atoms with van der Waals surface area (Å²) in [6.07, 6.45) is 0.532. The topological polar surface area (TPSA) is 85.9 Å². The molecule has 0 saturated carbocycles. The van der Waals surface area contributed by atoms with Gasteiger partial charge in [-0.2, -0.15) is 0 Å². The SMILES string of the molecule is CC1(c2cc(NC=O)ccc2F)N=C(N)OC2=C1COC2. The lowest BCUT2D eigenvalue weighted by Crippen LogP contribution is -2.34. The van der Waals surface area contributed by atoms with Gasteiger partial charge in [-0.1, -0.05) is 0 Å². The molecule has 3 rings (SSSR count). The number of hydrogen-bond donors (Lipinski definition) is 2. The summed E-state index contributed by atoms with van der Waals surface area (Å²) in [6, 6.07) is 4.26. The van der Waals surface area contributed by atoms with Gasteiger partial charge in [-0.25, -0.2) is 9.38 Å². The van der Waals surface area contributed by atoms with Crippen LogP contribution in [0, 0.1) is 5.82 Å². The maximum atomic E-state index is 14.3. The highest BCUT2D eigenvalue weighted by Crippen LogP contribution is 2.42. The summed E-state index contributed by atoms with van der Waals surface area (Å²) < 4.78 is 25.0. The Kier molecular flexibility index (Phi) is 3.13. The summed E-state index contributed by atoms with van der Waals surface area (Å²) in [6.45, 7) is 2.33. The van der Waals surface area contributed by atoms with Crippen molar-refractivity contribution in [3.63, 3.8) is 0 Å². The second-order valence-corrected chi connectivity index (χ2v) is 4.98. The van der Waals surface area contributed by atoms with Crippen LogP contribution in [-0.4, -0.2) is 25.6 Å². The van der Waals surface area contributed by atoms with Crippen LogP contribution < -0.4 is 11.1 Å². The minimum atomic E-state index is -1.02. The third-order valence-electron chi connectivity index (χ3n) is 3.68. The molecule has 0 bridgehead atoms. The van der Waals surface area contributed by atoms with E-state index < -0.39 is 11.4 Å². The standard InChI is InChI=1S/C14H14FN3O3/c1-14(9-4-8(17-7-19)2-3-11(9)15)10-5-20-6-12(10)21-13(16)18-14/h2-4,7H,5-6H2,1H3,(H2,16,18)(H,17,19). The normalized spacial score (nSPS) is 24.2. The molecule has 1 amide bonds. The molecule has 1 aromatic rings. The lowest BCUT2D eigenvalue weighted by atomic mass is 9.83. The van der Waals surface area contributed by atoms with Crippen LogP contribution in [0.15, 0.2) is 34.5 Å². The molecule has 0 fully saturated rings. The summed E-state index contributed by atoms with van der Waals surface area (Å²) in [7, 11) is 0. The third kappa shape index (κ3) is 2.15. The van der Waals surface area contributed by atoms with Crippen LogP contribution in [-0.2, 0) is 19.8 Å². The summed E-state index contributed by atoms with van der Waals surface area (Å²) >= 11 is 0. The van der Waals surface area contributed by atoms with Gasteiger partial charge in [-0.3, -0.25) is 4.79 Å². The Bertz CT molecular complexity index is 671. The molecule has 2 aliphatic rings. The predicted molar refractivity (Wildman–Crippen MR) is 74.0 cm³/mol. The number of benzene rings is 1. The molecule has 0 saturated heterocycles. The van der Waals surface area contributed by atoms with Gasteiger partial charge in [-0.15, -0.1) is 0 Å². The fraction of sp³-hybridized carbons (Fsp3) is 0.286. The van der Waals surface area contributed by atoms with Gasteiger partial charge in [0.25, 0.3) is 6.02 Å². The third-order valence-corrected chi connectivity index (χ3v) is 3.68. The van der Waals surface area contributed by atoms with Gasteiger partial charge >= 0.3 is 0 Å². The Morgan fingerprint density at radius 3 is 3.05 bits per heavy atom. The zero-order chi connectivity index (χ0) is 15.0. The number of nitrogens with zero attached hydrogens (tertiary/aromatic N) is 1. The fourth-order valence-corrected chi connectivity index (χ4v) is 2.63. The molecule has 0 radical (unpaired) electrons. The lowest BCUT2D eigenvalue weighted by molar-refractivity contribution is -0.105. The van der Waals surface area contributed by atoms with E-state index in [1.54, 1.807) is 6.92 Å². The fourth-order valence-electron chi connectivity index (χ4n) is 2.63.